The zero-order valence-electron chi connectivity index (χ0n) is 11.4. The van der Waals surface area contributed by atoms with E-state index in [0.29, 0.717) is 6.04 Å². The molecule has 0 bridgehead atoms. The van der Waals surface area contributed by atoms with Gasteiger partial charge < -0.3 is 5.32 Å². The predicted octanol–water partition coefficient (Wildman–Crippen LogP) is 3.25. The summed E-state index contributed by atoms with van der Waals surface area (Å²) in [5.74, 6) is -0.174. The van der Waals surface area contributed by atoms with Gasteiger partial charge in [0.05, 0.1) is 0 Å². The van der Waals surface area contributed by atoms with Crippen molar-refractivity contribution in [1.29, 1.82) is 0 Å². The van der Waals surface area contributed by atoms with Gasteiger partial charge in [-0.3, -0.25) is 4.98 Å². The molecule has 0 radical (unpaired) electrons. The molecule has 1 aromatic heterocycles. The molecule has 1 heterocycles. The van der Waals surface area contributed by atoms with E-state index in [1.54, 1.807) is 12.1 Å². The fourth-order valence-electron chi connectivity index (χ4n) is 1.98. The maximum Gasteiger partial charge on any atom is 0.123 e. The maximum atomic E-state index is 13.1. The van der Waals surface area contributed by atoms with Crippen LogP contribution in [-0.2, 0) is 13.0 Å². The first kappa shape index (κ1) is 13.7. The van der Waals surface area contributed by atoms with Crippen LogP contribution in [0.3, 0.4) is 0 Å². The van der Waals surface area contributed by atoms with Crippen LogP contribution in [-0.4, -0.2) is 11.0 Å². The van der Waals surface area contributed by atoms with Gasteiger partial charge in [0.25, 0.3) is 0 Å². The van der Waals surface area contributed by atoms with Crippen molar-refractivity contribution < 1.29 is 4.39 Å². The second kappa shape index (κ2) is 6.43. The monoisotopic (exact) mass is 258 g/mol. The maximum absolute atomic E-state index is 13.1. The van der Waals surface area contributed by atoms with Crippen molar-refractivity contribution in [2.75, 3.05) is 0 Å². The molecule has 0 saturated carbocycles. The minimum absolute atomic E-state index is 0.174. The fraction of sp³-hybridized carbons (Fsp3) is 0.312. The Morgan fingerprint density at radius 1 is 1.21 bits per heavy atom. The normalized spacial score (nSPS) is 12.4. The molecule has 19 heavy (non-hydrogen) atoms. The van der Waals surface area contributed by atoms with E-state index in [1.165, 1.54) is 6.07 Å². The number of nitrogens with one attached hydrogen (secondary N) is 1. The molecule has 0 amide bonds. The summed E-state index contributed by atoms with van der Waals surface area (Å²) in [5.41, 5.74) is 3.20. The quantitative estimate of drug-likeness (QED) is 0.890. The summed E-state index contributed by atoms with van der Waals surface area (Å²) >= 11 is 0. The number of aryl methyl sites for hydroxylation is 1. The Hall–Kier alpha value is -1.74. The van der Waals surface area contributed by atoms with Gasteiger partial charge in [-0.1, -0.05) is 18.2 Å². The standard InChI is InChI=1S/C16H19FN2/c1-12-6-7-15(10-18-12)11-19-13(2)8-14-4-3-5-16(17)9-14/h3-7,9-10,13,19H,8,11H2,1-2H3. The van der Waals surface area contributed by atoms with Crippen LogP contribution < -0.4 is 5.32 Å². The molecule has 3 heteroatoms. The summed E-state index contributed by atoms with van der Waals surface area (Å²) in [6, 6.07) is 11.1. The van der Waals surface area contributed by atoms with Crippen molar-refractivity contribution in [3.63, 3.8) is 0 Å². The van der Waals surface area contributed by atoms with E-state index in [-0.39, 0.29) is 5.82 Å². The van der Waals surface area contributed by atoms with E-state index in [9.17, 15) is 4.39 Å². The van der Waals surface area contributed by atoms with Crippen LogP contribution in [0, 0.1) is 12.7 Å². The van der Waals surface area contributed by atoms with Gasteiger partial charge in [0.1, 0.15) is 5.82 Å². The largest absolute Gasteiger partial charge is 0.310 e. The van der Waals surface area contributed by atoms with Gasteiger partial charge in [0.15, 0.2) is 0 Å². The minimum Gasteiger partial charge on any atom is -0.310 e. The Kier molecular flexibility index (Phi) is 4.63. The van der Waals surface area contributed by atoms with E-state index in [4.69, 9.17) is 0 Å². The number of benzene rings is 1. The van der Waals surface area contributed by atoms with Crippen LogP contribution in [0.1, 0.15) is 23.7 Å². The van der Waals surface area contributed by atoms with E-state index in [2.05, 4.69) is 23.3 Å². The molecule has 0 saturated heterocycles. The van der Waals surface area contributed by atoms with Crippen molar-refractivity contribution >= 4 is 0 Å². The molecule has 0 fully saturated rings. The Morgan fingerprint density at radius 2 is 2.05 bits per heavy atom. The van der Waals surface area contributed by atoms with Gasteiger partial charge in [-0.05, 0) is 49.6 Å². The number of nitrogens with zero attached hydrogens (tertiary/aromatic N) is 1. The molecule has 100 valence electrons. The van der Waals surface area contributed by atoms with E-state index in [1.807, 2.05) is 25.3 Å². The first-order chi connectivity index (χ1) is 9.13. The molecule has 0 spiro atoms. The van der Waals surface area contributed by atoms with E-state index in [0.717, 1.165) is 29.8 Å². The van der Waals surface area contributed by atoms with Crippen molar-refractivity contribution in [3.8, 4) is 0 Å². The Morgan fingerprint density at radius 3 is 2.74 bits per heavy atom. The second-order valence-corrected chi connectivity index (χ2v) is 4.92. The van der Waals surface area contributed by atoms with Crippen molar-refractivity contribution in [3.05, 3.63) is 65.2 Å². The topological polar surface area (TPSA) is 24.9 Å². The highest BCUT2D eigenvalue weighted by atomic mass is 19.1. The third-order valence-corrected chi connectivity index (χ3v) is 3.06. The summed E-state index contributed by atoms with van der Waals surface area (Å²) in [6.07, 6.45) is 2.70. The van der Waals surface area contributed by atoms with Gasteiger partial charge >= 0.3 is 0 Å². The van der Waals surface area contributed by atoms with Gasteiger partial charge in [-0.25, -0.2) is 4.39 Å². The number of hydrogen-bond donors (Lipinski definition) is 1. The van der Waals surface area contributed by atoms with Crippen LogP contribution in [0.15, 0.2) is 42.6 Å². The van der Waals surface area contributed by atoms with Crippen LogP contribution in [0.2, 0.25) is 0 Å². The molecule has 1 unspecified atom stereocenters. The average Bonchev–Trinajstić information content (AvgIpc) is 2.38. The van der Waals surface area contributed by atoms with Crippen molar-refractivity contribution in [1.82, 2.24) is 10.3 Å². The predicted molar refractivity (Wildman–Crippen MR) is 75.4 cm³/mol. The average molecular weight is 258 g/mol. The van der Waals surface area contributed by atoms with Crippen LogP contribution in [0.4, 0.5) is 4.39 Å². The Bertz CT molecular complexity index is 523. The zero-order chi connectivity index (χ0) is 13.7. The summed E-state index contributed by atoms with van der Waals surface area (Å²) in [7, 11) is 0. The van der Waals surface area contributed by atoms with Crippen molar-refractivity contribution in [2.24, 2.45) is 0 Å². The highest BCUT2D eigenvalue weighted by Gasteiger charge is 2.04. The van der Waals surface area contributed by atoms with Gasteiger partial charge in [-0.15, -0.1) is 0 Å². The smallest absolute Gasteiger partial charge is 0.123 e. The number of rotatable bonds is 5. The molecular weight excluding hydrogens is 239 g/mol. The molecule has 1 aromatic carbocycles. The lowest BCUT2D eigenvalue weighted by Crippen LogP contribution is -2.27. The first-order valence-corrected chi connectivity index (χ1v) is 6.53. The molecule has 1 atom stereocenters. The second-order valence-electron chi connectivity index (χ2n) is 4.92. The molecule has 2 aromatic rings. The lowest BCUT2D eigenvalue weighted by molar-refractivity contribution is 0.542. The zero-order valence-corrected chi connectivity index (χ0v) is 11.4. The molecule has 0 aliphatic carbocycles. The minimum atomic E-state index is -0.174. The Labute approximate surface area is 113 Å². The Balaban J connectivity index is 1.84. The number of pyridine rings is 1. The lowest BCUT2D eigenvalue weighted by Gasteiger charge is -2.14. The summed E-state index contributed by atoms with van der Waals surface area (Å²) < 4.78 is 13.1. The van der Waals surface area contributed by atoms with Crippen LogP contribution >= 0.6 is 0 Å². The molecule has 1 N–H and O–H groups in total. The summed E-state index contributed by atoms with van der Waals surface area (Å²) in [5, 5.41) is 3.42. The third-order valence-electron chi connectivity index (χ3n) is 3.06. The third kappa shape index (κ3) is 4.45. The van der Waals surface area contributed by atoms with Gasteiger partial charge in [0.2, 0.25) is 0 Å². The van der Waals surface area contributed by atoms with Crippen molar-refractivity contribution in [2.45, 2.75) is 32.9 Å². The van der Waals surface area contributed by atoms with Gasteiger partial charge in [0, 0.05) is 24.5 Å². The number of halogens is 1. The van der Waals surface area contributed by atoms with E-state index >= 15 is 0 Å². The first-order valence-electron chi connectivity index (χ1n) is 6.53. The molecule has 2 nitrogen and oxygen atoms in total. The molecular formula is C16H19FN2. The SMILES string of the molecule is Cc1ccc(CNC(C)Cc2cccc(F)c2)cn1. The summed E-state index contributed by atoms with van der Waals surface area (Å²) in [6.45, 7) is 4.86. The number of hydrogen-bond acceptors (Lipinski definition) is 2. The number of aromatic nitrogens is 1. The molecule has 0 aliphatic rings. The highest BCUT2D eigenvalue weighted by Crippen LogP contribution is 2.07. The molecule has 0 aliphatic heterocycles. The summed E-state index contributed by atoms with van der Waals surface area (Å²) in [4.78, 5) is 4.26. The fourth-order valence-corrected chi connectivity index (χ4v) is 1.98. The lowest BCUT2D eigenvalue weighted by atomic mass is 10.1. The molecule has 2 rings (SSSR count). The van der Waals surface area contributed by atoms with Crippen LogP contribution in [0.25, 0.3) is 0 Å². The van der Waals surface area contributed by atoms with E-state index < -0.39 is 0 Å². The van der Waals surface area contributed by atoms with Gasteiger partial charge in [-0.2, -0.15) is 0 Å². The van der Waals surface area contributed by atoms with Crippen LogP contribution in [0.5, 0.6) is 0 Å². The highest BCUT2D eigenvalue weighted by molar-refractivity contribution is 5.17.